The van der Waals surface area contributed by atoms with Gasteiger partial charge in [0.15, 0.2) is 0 Å². The van der Waals surface area contributed by atoms with Crippen molar-refractivity contribution in [3.8, 4) is 5.75 Å². The molecule has 0 aliphatic heterocycles. The van der Waals surface area contributed by atoms with Crippen LogP contribution >= 0.6 is 0 Å². The number of aryl methyl sites for hydroxylation is 1. The Morgan fingerprint density at radius 2 is 1.67 bits per heavy atom. The number of benzene rings is 2. The van der Waals surface area contributed by atoms with Gasteiger partial charge >= 0.3 is 6.09 Å². The largest absolute Gasteiger partial charge is 0.508 e. The van der Waals surface area contributed by atoms with E-state index < -0.39 is 48.2 Å². The number of amides is 3. The number of carbonyl (C=O) groups is 3. The molecule has 36 heavy (non-hydrogen) atoms. The molecule has 0 aliphatic carbocycles. The molecule has 0 spiro atoms. The average molecular weight is 500 g/mol. The highest BCUT2D eigenvalue weighted by Gasteiger charge is 2.39. The number of ether oxygens (including phenoxy) is 1. The van der Waals surface area contributed by atoms with Crippen LogP contribution in [0.5, 0.6) is 5.75 Å². The number of hydrogen-bond donors (Lipinski definition) is 4. The number of aromatic hydroxyl groups is 1. The summed E-state index contributed by atoms with van der Waals surface area (Å²) in [6.07, 6.45) is -0.402. The van der Waals surface area contributed by atoms with E-state index in [0.717, 1.165) is 5.56 Å². The topological polar surface area (TPSA) is 128 Å². The smallest absolute Gasteiger partial charge is 0.408 e. The summed E-state index contributed by atoms with van der Waals surface area (Å²) in [5.74, 6) is -1.40. The third-order valence-electron chi connectivity index (χ3n) is 5.65. The molecular weight excluding hydrogens is 462 g/mol. The second kappa shape index (κ2) is 12.4. The molecule has 0 heterocycles. The predicted molar refractivity (Wildman–Crippen MR) is 137 cm³/mol. The van der Waals surface area contributed by atoms with Gasteiger partial charge in [0.1, 0.15) is 23.4 Å². The maximum atomic E-state index is 13.8. The minimum atomic E-state index is -1.37. The number of hydrogen-bond acceptors (Lipinski definition) is 6. The van der Waals surface area contributed by atoms with Gasteiger partial charge in [0.05, 0.1) is 6.61 Å². The molecule has 0 radical (unpaired) electrons. The van der Waals surface area contributed by atoms with Crippen molar-refractivity contribution in [3.63, 3.8) is 0 Å². The fourth-order valence-corrected chi connectivity index (χ4v) is 3.66. The molecule has 196 valence electrons. The number of rotatable bonds is 9. The van der Waals surface area contributed by atoms with E-state index in [1.54, 1.807) is 58.0 Å². The molecule has 3 amide bonds. The van der Waals surface area contributed by atoms with E-state index in [-0.39, 0.29) is 11.3 Å². The lowest BCUT2D eigenvalue weighted by Gasteiger charge is -2.38. The molecule has 2 rings (SSSR count). The van der Waals surface area contributed by atoms with E-state index in [2.05, 4.69) is 10.6 Å². The number of nitrogens with zero attached hydrogens (tertiary/aromatic N) is 1. The minimum absolute atomic E-state index is 0.163. The molecule has 3 unspecified atom stereocenters. The van der Waals surface area contributed by atoms with Gasteiger partial charge in [-0.3, -0.25) is 9.59 Å². The summed E-state index contributed by atoms with van der Waals surface area (Å²) in [6, 6.07) is 10.4. The van der Waals surface area contributed by atoms with Crippen LogP contribution in [-0.4, -0.2) is 57.3 Å². The maximum absolute atomic E-state index is 13.8. The molecule has 0 saturated carbocycles. The van der Waals surface area contributed by atoms with E-state index in [1.165, 1.54) is 11.0 Å². The SMILES string of the molecule is CCC(C)N(C(=O)C(CO)NC(=O)OC(C)(C)C)C(C(=O)Nc1ccccc1C)c1ccccc1O. The van der Waals surface area contributed by atoms with Gasteiger partial charge in [0.2, 0.25) is 5.91 Å². The summed E-state index contributed by atoms with van der Waals surface area (Å²) < 4.78 is 5.24. The van der Waals surface area contributed by atoms with E-state index in [1.807, 2.05) is 26.0 Å². The van der Waals surface area contributed by atoms with Crippen LogP contribution in [0, 0.1) is 6.92 Å². The summed E-state index contributed by atoms with van der Waals surface area (Å²) in [4.78, 5) is 41.1. The molecule has 3 atom stereocenters. The molecule has 0 saturated heterocycles. The molecule has 2 aromatic carbocycles. The Labute approximate surface area is 212 Å². The van der Waals surface area contributed by atoms with Crippen molar-refractivity contribution >= 4 is 23.6 Å². The van der Waals surface area contributed by atoms with Crippen molar-refractivity contribution in [1.29, 1.82) is 0 Å². The second-order valence-corrected chi connectivity index (χ2v) is 9.65. The van der Waals surface area contributed by atoms with Crippen molar-refractivity contribution < 1.29 is 29.3 Å². The zero-order valence-electron chi connectivity index (χ0n) is 21.7. The van der Waals surface area contributed by atoms with Crippen LogP contribution < -0.4 is 10.6 Å². The van der Waals surface area contributed by atoms with Gasteiger partial charge in [-0.25, -0.2) is 4.79 Å². The number of alkyl carbamates (subject to hydrolysis) is 1. The summed E-state index contributed by atoms with van der Waals surface area (Å²) in [6.45, 7) is 9.77. The number of aliphatic hydroxyl groups excluding tert-OH is 1. The first-order chi connectivity index (χ1) is 16.9. The fourth-order valence-electron chi connectivity index (χ4n) is 3.66. The zero-order chi connectivity index (χ0) is 27.0. The second-order valence-electron chi connectivity index (χ2n) is 9.65. The quantitative estimate of drug-likeness (QED) is 0.414. The first kappa shape index (κ1) is 28.6. The van der Waals surface area contributed by atoms with Crippen molar-refractivity contribution in [2.45, 2.75) is 71.7 Å². The third-order valence-corrected chi connectivity index (χ3v) is 5.65. The number of para-hydroxylation sites is 2. The van der Waals surface area contributed by atoms with Crippen molar-refractivity contribution in [3.05, 3.63) is 59.7 Å². The van der Waals surface area contributed by atoms with Gasteiger partial charge in [-0.1, -0.05) is 43.3 Å². The highest BCUT2D eigenvalue weighted by Crippen LogP contribution is 2.33. The third kappa shape index (κ3) is 7.45. The number of nitrogens with one attached hydrogen (secondary N) is 2. The lowest BCUT2D eigenvalue weighted by Crippen LogP contribution is -2.56. The van der Waals surface area contributed by atoms with Crippen LogP contribution in [0.1, 0.15) is 58.2 Å². The van der Waals surface area contributed by atoms with Gasteiger partial charge in [0.25, 0.3) is 5.91 Å². The van der Waals surface area contributed by atoms with Gasteiger partial charge in [-0.2, -0.15) is 0 Å². The Balaban J connectivity index is 2.53. The normalized spacial score (nSPS) is 13.8. The standard InChI is InChI=1S/C27H37N3O6/c1-7-18(3)30(25(34)21(16-31)29-26(35)36-27(4,5)6)23(19-13-9-11-15-22(19)32)24(33)28-20-14-10-8-12-17(20)2/h8-15,18,21,23,31-32H,7,16H2,1-6H3,(H,28,33)(H,29,35). The number of carbonyl (C=O) groups excluding carboxylic acids is 3. The summed E-state index contributed by atoms with van der Waals surface area (Å²) in [5.41, 5.74) is 0.786. The number of phenolic OH excluding ortho intramolecular Hbond substituents is 1. The fraction of sp³-hybridized carbons (Fsp3) is 0.444. The Morgan fingerprint density at radius 3 is 2.22 bits per heavy atom. The summed E-state index contributed by atoms with van der Waals surface area (Å²) in [5, 5.41) is 25.9. The Bertz CT molecular complexity index is 1070. The Kier molecular flexibility index (Phi) is 9.86. The summed E-state index contributed by atoms with van der Waals surface area (Å²) >= 11 is 0. The first-order valence-corrected chi connectivity index (χ1v) is 12.0. The van der Waals surface area contributed by atoms with Crippen LogP contribution in [0.3, 0.4) is 0 Å². The molecule has 0 fully saturated rings. The van der Waals surface area contributed by atoms with Gasteiger partial charge in [-0.05, 0) is 58.7 Å². The van der Waals surface area contributed by atoms with Crippen molar-refractivity contribution in [2.24, 2.45) is 0 Å². The van der Waals surface area contributed by atoms with Gasteiger partial charge in [-0.15, -0.1) is 0 Å². The van der Waals surface area contributed by atoms with Gasteiger partial charge in [0, 0.05) is 17.3 Å². The maximum Gasteiger partial charge on any atom is 0.408 e. The number of phenols is 1. The lowest BCUT2D eigenvalue weighted by molar-refractivity contribution is -0.144. The molecular formula is C27H37N3O6. The van der Waals surface area contributed by atoms with Crippen LogP contribution in [0.15, 0.2) is 48.5 Å². The molecule has 0 aliphatic rings. The van der Waals surface area contributed by atoms with Crippen molar-refractivity contribution in [2.75, 3.05) is 11.9 Å². The zero-order valence-corrected chi connectivity index (χ0v) is 21.7. The molecule has 2 aromatic rings. The molecule has 9 nitrogen and oxygen atoms in total. The lowest BCUT2D eigenvalue weighted by atomic mass is 9.99. The van der Waals surface area contributed by atoms with Crippen LogP contribution in [0.2, 0.25) is 0 Å². The molecule has 0 aromatic heterocycles. The number of aliphatic hydroxyl groups is 1. The van der Waals surface area contributed by atoms with Gasteiger partial charge < -0.3 is 30.5 Å². The predicted octanol–water partition coefficient (Wildman–Crippen LogP) is 3.89. The summed E-state index contributed by atoms with van der Waals surface area (Å²) in [7, 11) is 0. The van der Waals surface area contributed by atoms with Crippen LogP contribution in [-0.2, 0) is 14.3 Å². The Hall–Kier alpha value is -3.59. The Morgan fingerprint density at radius 1 is 1.06 bits per heavy atom. The molecule has 9 heteroatoms. The molecule has 4 N–H and O–H groups in total. The highest BCUT2D eigenvalue weighted by atomic mass is 16.6. The minimum Gasteiger partial charge on any atom is -0.508 e. The monoisotopic (exact) mass is 499 g/mol. The van der Waals surface area contributed by atoms with E-state index >= 15 is 0 Å². The number of anilines is 1. The van der Waals surface area contributed by atoms with E-state index in [9.17, 15) is 24.6 Å². The first-order valence-electron chi connectivity index (χ1n) is 12.0. The van der Waals surface area contributed by atoms with Crippen molar-refractivity contribution in [1.82, 2.24) is 10.2 Å². The average Bonchev–Trinajstić information content (AvgIpc) is 2.81. The van der Waals surface area contributed by atoms with E-state index in [0.29, 0.717) is 12.1 Å². The van der Waals surface area contributed by atoms with Crippen LogP contribution in [0.25, 0.3) is 0 Å². The van der Waals surface area contributed by atoms with E-state index in [4.69, 9.17) is 4.74 Å². The molecule has 0 bridgehead atoms. The van der Waals surface area contributed by atoms with Crippen LogP contribution in [0.4, 0.5) is 10.5 Å². The highest BCUT2D eigenvalue weighted by molar-refractivity contribution is 5.99.